The van der Waals surface area contributed by atoms with Crippen LogP contribution in [0.25, 0.3) is 10.8 Å². The van der Waals surface area contributed by atoms with Crippen LogP contribution in [0.15, 0.2) is 41.5 Å². The van der Waals surface area contributed by atoms with Gasteiger partial charge < -0.3 is 19.7 Å². The van der Waals surface area contributed by atoms with E-state index in [4.69, 9.17) is 0 Å². The molecule has 1 amide bonds. The van der Waals surface area contributed by atoms with Crippen LogP contribution >= 0.6 is 0 Å². The summed E-state index contributed by atoms with van der Waals surface area (Å²) < 4.78 is 1.68. The first-order chi connectivity index (χ1) is 15.1. The Kier molecular flexibility index (Phi) is 4.84. The largest absolute Gasteiger partial charge is 0.354 e. The van der Waals surface area contributed by atoms with Gasteiger partial charge in [-0.3, -0.25) is 9.59 Å². The molecule has 0 unspecified atom stereocenters. The van der Waals surface area contributed by atoms with Gasteiger partial charge in [-0.05, 0) is 44.9 Å². The van der Waals surface area contributed by atoms with E-state index in [0.717, 1.165) is 30.5 Å². The average Bonchev–Trinajstić information content (AvgIpc) is 3.21. The number of nitrogens with one attached hydrogen (secondary N) is 1. The minimum absolute atomic E-state index is 0.0365. The zero-order valence-electron chi connectivity index (χ0n) is 17.8. The monoisotopic (exact) mass is 418 g/mol. The van der Waals surface area contributed by atoms with Gasteiger partial charge in [0.15, 0.2) is 0 Å². The Hall–Kier alpha value is -3.42. The van der Waals surface area contributed by atoms with Crippen LogP contribution in [-0.2, 0) is 6.54 Å². The van der Waals surface area contributed by atoms with Crippen LogP contribution in [0.5, 0.6) is 0 Å². The number of rotatable bonds is 4. The predicted molar refractivity (Wildman–Crippen MR) is 122 cm³/mol. The first-order valence-electron chi connectivity index (χ1n) is 10.9. The van der Waals surface area contributed by atoms with E-state index in [2.05, 4.69) is 20.2 Å². The maximum atomic E-state index is 13.7. The van der Waals surface area contributed by atoms with Gasteiger partial charge in [0.25, 0.3) is 11.5 Å². The molecule has 4 heterocycles. The third kappa shape index (κ3) is 3.13. The summed E-state index contributed by atoms with van der Waals surface area (Å²) in [5.41, 5.74) is 1.23. The lowest BCUT2D eigenvalue weighted by atomic mass is 10.1. The third-order valence-corrected chi connectivity index (χ3v) is 6.25. The molecule has 2 aliphatic heterocycles. The minimum Gasteiger partial charge on any atom is -0.354 e. The van der Waals surface area contributed by atoms with Crippen molar-refractivity contribution in [2.24, 2.45) is 0 Å². The summed E-state index contributed by atoms with van der Waals surface area (Å²) in [4.78, 5) is 39.7. The second kappa shape index (κ2) is 7.68. The summed E-state index contributed by atoms with van der Waals surface area (Å²) in [6.45, 7) is 6.70. The molecule has 1 N–H and O–H groups in total. The number of nitrogens with zero attached hydrogens (tertiary/aromatic N) is 5. The van der Waals surface area contributed by atoms with Crippen molar-refractivity contribution in [1.82, 2.24) is 14.5 Å². The number of aryl methyl sites for hydroxylation is 1. The Bertz CT molecular complexity index is 1220. The van der Waals surface area contributed by atoms with E-state index in [-0.39, 0.29) is 17.5 Å². The Morgan fingerprint density at radius 1 is 1.16 bits per heavy atom. The van der Waals surface area contributed by atoms with Crippen LogP contribution in [0, 0.1) is 0 Å². The Balaban J connectivity index is 1.66. The molecule has 8 nitrogen and oxygen atoms in total. The third-order valence-electron chi connectivity index (χ3n) is 6.25. The molecule has 2 aliphatic rings. The van der Waals surface area contributed by atoms with Gasteiger partial charge in [0.05, 0.1) is 5.69 Å². The smallest absolute Gasteiger partial charge is 0.263 e. The van der Waals surface area contributed by atoms with Crippen LogP contribution in [0.3, 0.4) is 0 Å². The maximum Gasteiger partial charge on any atom is 0.263 e. The van der Waals surface area contributed by atoms with Gasteiger partial charge in [-0.15, -0.1) is 0 Å². The number of amides is 1. The number of carbonyl (C=O) groups excluding carboxylic acids is 1. The first kappa shape index (κ1) is 19.5. The molecule has 1 fully saturated rings. The SMILES string of the molecule is CCNc1ncc2c(n1)N1CCC[C@H]1CN(c1cccc3c(=O)n(CC)ccc13)C2=O. The van der Waals surface area contributed by atoms with Gasteiger partial charge >= 0.3 is 0 Å². The number of pyridine rings is 1. The molecule has 8 heteroatoms. The van der Waals surface area contributed by atoms with Crippen molar-refractivity contribution in [3.05, 3.63) is 52.6 Å². The highest BCUT2D eigenvalue weighted by Crippen LogP contribution is 2.35. The number of carbonyl (C=O) groups is 1. The van der Waals surface area contributed by atoms with Gasteiger partial charge in [0.2, 0.25) is 5.95 Å². The topological polar surface area (TPSA) is 83.4 Å². The molecule has 1 aromatic carbocycles. The fraction of sp³-hybridized carbons (Fsp3) is 0.391. The van der Waals surface area contributed by atoms with Gasteiger partial charge in [0, 0.05) is 55.4 Å². The Morgan fingerprint density at radius 3 is 2.84 bits per heavy atom. The van der Waals surface area contributed by atoms with Gasteiger partial charge in [-0.25, -0.2) is 4.98 Å². The number of anilines is 3. The lowest BCUT2D eigenvalue weighted by molar-refractivity contribution is 0.0988. The van der Waals surface area contributed by atoms with Crippen LogP contribution in [0.4, 0.5) is 17.5 Å². The maximum absolute atomic E-state index is 13.7. The molecule has 3 aromatic rings. The molecule has 1 saturated heterocycles. The molecule has 0 spiro atoms. The van der Waals surface area contributed by atoms with E-state index in [9.17, 15) is 9.59 Å². The van der Waals surface area contributed by atoms with E-state index in [1.807, 2.05) is 43.0 Å². The fourth-order valence-corrected chi connectivity index (χ4v) is 4.72. The van der Waals surface area contributed by atoms with Gasteiger partial charge in [-0.2, -0.15) is 4.98 Å². The zero-order chi connectivity index (χ0) is 21.5. The van der Waals surface area contributed by atoms with E-state index < -0.39 is 0 Å². The average molecular weight is 419 g/mol. The quantitative estimate of drug-likeness (QED) is 0.702. The highest BCUT2D eigenvalue weighted by atomic mass is 16.2. The molecule has 1 atom stereocenters. The number of fused-ring (bicyclic) bond motifs is 4. The molecular formula is C23H26N6O2. The van der Waals surface area contributed by atoms with Crippen LogP contribution < -0.4 is 20.7 Å². The summed E-state index contributed by atoms with van der Waals surface area (Å²) in [7, 11) is 0. The second-order valence-corrected chi connectivity index (χ2v) is 8.01. The van der Waals surface area contributed by atoms with Crippen molar-refractivity contribution in [3.8, 4) is 0 Å². The van der Waals surface area contributed by atoms with Crippen molar-refractivity contribution in [2.75, 3.05) is 34.8 Å². The Morgan fingerprint density at radius 2 is 2.03 bits per heavy atom. The molecular weight excluding hydrogens is 392 g/mol. The normalized spacial score (nSPS) is 18.1. The first-order valence-corrected chi connectivity index (χ1v) is 10.9. The zero-order valence-corrected chi connectivity index (χ0v) is 17.8. The molecule has 160 valence electrons. The van der Waals surface area contributed by atoms with Crippen LogP contribution in [0.2, 0.25) is 0 Å². The lowest BCUT2D eigenvalue weighted by Gasteiger charge is -2.27. The molecule has 0 radical (unpaired) electrons. The summed E-state index contributed by atoms with van der Waals surface area (Å²) in [6, 6.07) is 7.73. The van der Waals surface area contributed by atoms with Crippen molar-refractivity contribution < 1.29 is 4.79 Å². The standard InChI is InChI=1S/C23H26N6O2/c1-3-24-23-25-13-18-20(26-23)28-11-6-7-15(28)14-29(22(18)31)19-9-5-8-17-16(19)10-12-27(4-2)21(17)30/h5,8-10,12-13,15H,3-4,6-7,11,14H2,1-2H3,(H,24,25,26)/t15-/m0/s1. The molecule has 5 rings (SSSR count). The highest BCUT2D eigenvalue weighted by Gasteiger charge is 2.37. The Labute approximate surface area is 180 Å². The predicted octanol–water partition coefficient (Wildman–Crippen LogP) is 2.87. The summed E-state index contributed by atoms with van der Waals surface area (Å²) in [5.74, 6) is 1.12. The molecule has 0 bridgehead atoms. The number of aromatic nitrogens is 3. The minimum atomic E-state index is -0.125. The van der Waals surface area contributed by atoms with E-state index in [0.29, 0.717) is 42.4 Å². The van der Waals surface area contributed by atoms with Crippen molar-refractivity contribution in [2.45, 2.75) is 39.3 Å². The number of hydrogen-bond acceptors (Lipinski definition) is 6. The van der Waals surface area contributed by atoms with Crippen molar-refractivity contribution >= 4 is 34.1 Å². The number of hydrogen-bond donors (Lipinski definition) is 1. The van der Waals surface area contributed by atoms with Gasteiger partial charge in [0.1, 0.15) is 11.4 Å². The summed E-state index contributed by atoms with van der Waals surface area (Å²) in [6.07, 6.45) is 5.49. The van der Waals surface area contributed by atoms with E-state index >= 15 is 0 Å². The lowest BCUT2D eigenvalue weighted by Crippen LogP contribution is -2.40. The number of benzene rings is 1. The molecule has 0 aliphatic carbocycles. The molecule has 2 aromatic heterocycles. The van der Waals surface area contributed by atoms with E-state index in [1.54, 1.807) is 17.0 Å². The molecule has 0 saturated carbocycles. The van der Waals surface area contributed by atoms with Crippen molar-refractivity contribution in [3.63, 3.8) is 0 Å². The summed E-state index contributed by atoms with van der Waals surface area (Å²) >= 11 is 0. The second-order valence-electron chi connectivity index (χ2n) is 8.01. The fourth-order valence-electron chi connectivity index (χ4n) is 4.72. The highest BCUT2D eigenvalue weighted by molar-refractivity contribution is 6.13. The van der Waals surface area contributed by atoms with E-state index in [1.165, 1.54) is 0 Å². The van der Waals surface area contributed by atoms with Gasteiger partial charge in [-0.1, -0.05) is 6.07 Å². The van der Waals surface area contributed by atoms with Crippen molar-refractivity contribution in [1.29, 1.82) is 0 Å². The van der Waals surface area contributed by atoms with Crippen LogP contribution in [0.1, 0.15) is 37.0 Å². The summed E-state index contributed by atoms with van der Waals surface area (Å²) in [5, 5.41) is 4.57. The van der Waals surface area contributed by atoms with Crippen LogP contribution in [-0.4, -0.2) is 46.1 Å². The molecule has 31 heavy (non-hydrogen) atoms.